The van der Waals surface area contributed by atoms with E-state index in [9.17, 15) is 4.79 Å². The van der Waals surface area contributed by atoms with E-state index in [0.717, 1.165) is 66.9 Å². The van der Waals surface area contributed by atoms with Crippen LogP contribution in [-0.4, -0.2) is 77.3 Å². The first-order valence-corrected chi connectivity index (χ1v) is 13.2. The second kappa shape index (κ2) is 10.5. The van der Waals surface area contributed by atoms with Crippen LogP contribution in [0.1, 0.15) is 45.1 Å². The van der Waals surface area contributed by atoms with Crippen molar-refractivity contribution in [2.24, 2.45) is 0 Å². The zero-order chi connectivity index (χ0) is 25.2. The molecule has 7 nitrogen and oxygen atoms in total. The Kier molecular flexibility index (Phi) is 7.14. The first-order valence-electron chi connectivity index (χ1n) is 13.2. The molecule has 192 valence electrons. The Hall–Kier alpha value is -3.13. The number of hydrogen-bond acceptors (Lipinski definition) is 4. The Morgan fingerprint density at radius 1 is 1.06 bits per heavy atom. The highest BCUT2D eigenvalue weighted by Gasteiger charge is 2.25. The number of halogens is 1. The van der Waals surface area contributed by atoms with Gasteiger partial charge in [0.1, 0.15) is 5.82 Å². The number of fused-ring (bicyclic) bond motifs is 1. The summed E-state index contributed by atoms with van der Waals surface area (Å²) in [5.41, 5.74) is 4.74. The van der Waals surface area contributed by atoms with Crippen molar-refractivity contribution in [1.29, 1.82) is 0 Å². The van der Waals surface area contributed by atoms with E-state index in [2.05, 4.69) is 40.1 Å². The van der Waals surface area contributed by atoms with Gasteiger partial charge in [-0.1, -0.05) is 12.1 Å². The number of nitrogens with zero attached hydrogens (tertiary/aromatic N) is 5. The van der Waals surface area contributed by atoms with Gasteiger partial charge >= 0.3 is 6.03 Å². The lowest BCUT2D eigenvalue weighted by Crippen LogP contribution is -2.51. The molecule has 2 aliphatic rings. The Morgan fingerprint density at radius 3 is 2.47 bits per heavy atom. The molecule has 2 aliphatic heterocycles. The fourth-order valence-electron chi connectivity index (χ4n) is 5.60. The van der Waals surface area contributed by atoms with Gasteiger partial charge in [-0.15, -0.1) is 0 Å². The highest BCUT2D eigenvalue weighted by atomic mass is 19.1. The van der Waals surface area contributed by atoms with Gasteiger partial charge in [0, 0.05) is 56.7 Å². The van der Waals surface area contributed by atoms with Crippen molar-refractivity contribution >= 4 is 17.2 Å². The lowest BCUT2D eigenvalue weighted by atomic mass is 9.88. The molecular formula is C28H37FN6O. The lowest BCUT2D eigenvalue weighted by Gasteiger charge is -2.36. The summed E-state index contributed by atoms with van der Waals surface area (Å²) in [5, 5.41) is 7.38. The van der Waals surface area contributed by atoms with Crippen molar-refractivity contribution in [2.75, 3.05) is 50.7 Å². The van der Waals surface area contributed by atoms with Gasteiger partial charge in [0.15, 0.2) is 0 Å². The van der Waals surface area contributed by atoms with E-state index in [1.165, 1.54) is 0 Å². The maximum atomic E-state index is 15.3. The summed E-state index contributed by atoms with van der Waals surface area (Å²) in [4.78, 5) is 18.8. The Bertz CT molecular complexity index is 1210. The fourth-order valence-corrected chi connectivity index (χ4v) is 5.60. The highest BCUT2D eigenvalue weighted by Crippen LogP contribution is 2.34. The van der Waals surface area contributed by atoms with E-state index < -0.39 is 0 Å². The number of piperazine rings is 1. The van der Waals surface area contributed by atoms with Gasteiger partial charge in [-0.05, 0) is 81.9 Å². The van der Waals surface area contributed by atoms with Gasteiger partial charge < -0.3 is 20.0 Å². The Labute approximate surface area is 212 Å². The average molecular weight is 493 g/mol. The predicted octanol–water partition coefficient (Wildman–Crippen LogP) is 4.58. The van der Waals surface area contributed by atoms with Crippen LogP contribution in [0.2, 0.25) is 0 Å². The fraction of sp³-hybridized carbons (Fsp3) is 0.500. The minimum atomic E-state index is -0.111. The number of aromatic nitrogens is 2. The molecule has 2 aromatic heterocycles. The van der Waals surface area contributed by atoms with Crippen molar-refractivity contribution in [3.8, 4) is 11.1 Å². The first kappa shape index (κ1) is 24.6. The molecule has 0 radical (unpaired) electrons. The van der Waals surface area contributed by atoms with Crippen LogP contribution in [0.4, 0.5) is 14.9 Å². The van der Waals surface area contributed by atoms with Gasteiger partial charge in [-0.3, -0.25) is 0 Å². The number of rotatable bonds is 5. The first-order chi connectivity index (χ1) is 17.4. The average Bonchev–Trinajstić information content (AvgIpc) is 3.34. The van der Waals surface area contributed by atoms with Crippen molar-refractivity contribution in [1.82, 2.24) is 24.7 Å². The number of hydrogen-bond donors (Lipinski definition) is 1. The van der Waals surface area contributed by atoms with Crippen LogP contribution in [0.15, 0.2) is 42.7 Å². The van der Waals surface area contributed by atoms with Gasteiger partial charge in [0.25, 0.3) is 0 Å². The molecule has 0 spiro atoms. The molecule has 3 aromatic rings. The monoisotopic (exact) mass is 492 g/mol. The maximum absolute atomic E-state index is 15.3. The third-order valence-electron chi connectivity index (χ3n) is 7.76. The van der Waals surface area contributed by atoms with E-state index in [1.807, 2.05) is 40.7 Å². The number of piperidine rings is 1. The number of amides is 2. The SMILES string of the molecule is CCNC(=O)N1CCN(c2ccnn3cc(-c4ccc(C5CCN(C(C)C)CC5)c(F)c4)cc23)CC1. The number of anilines is 1. The second-order valence-electron chi connectivity index (χ2n) is 10.2. The molecule has 1 N–H and O–H groups in total. The minimum absolute atomic E-state index is 0.00190. The van der Waals surface area contributed by atoms with Crippen LogP contribution < -0.4 is 10.2 Å². The Morgan fingerprint density at radius 2 is 1.81 bits per heavy atom. The van der Waals surface area contributed by atoms with Crippen LogP contribution in [0.3, 0.4) is 0 Å². The quantitative estimate of drug-likeness (QED) is 0.567. The molecule has 5 rings (SSSR count). The standard InChI is InChI=1S/C28H37FN6O/c1-4-30-28(36)34-15-13-33(14-16-34)26-7-10-31-35-19-23(18-27(26)35)22-5-6-24(25(29)17-22)21-8-11-32(12-9-21)20(2)3/h5-7,10,17-21H,4,8-9,11-16H2,1-3H3,(H,30,36). The third-order valence-corrected chi connectivity index (χ3v) is 7.76. The largest absolute Gasteiger partial charge is 0.366 e. The summed E-state index contributed by atoms with van der Waals surface area (Å²) in [7, 11) is 0. The number of carbonyl (C=O) groups excluding carboxylic acids is 1. The minimum Gasteiger partial charge on any atom is -0.366 e. The van der Waals surface area contributed by atoms with Gasteiger partial charge in [-0.2, -0.15) is 5.10 Å². The number of carbonyl (C=O) groups is 1. The van der Waals surface area contributed by atoms with Gasteiger partial charge in [-0.25, -0.2) is 13.7 Å². The van der Waals surface area contributed by atoms with E-state index in [1.54, 1.807) is 12.3 Å². The van der Waals surface area contributed by atoms with E-state index >= 15 is 4.39 Å². The molecule has 36 heavy (non-hydrogen) atoms. The van der Waals surface area contributed by atoms with Crippen LogP contribution in [0.5, 0.6) is 0 Å². The summed E-state index contributed by atoms with van der Waals surface area (Å²) >= 11 is 0. The molecule has 2 saturated heterocycles. The maximum Gasteiger partial charge on any atom is 0.317 e. The van der Waals surface area contributed by atoms with Gasteiger partial charge in [0.05, 0.1) is 11.2 Å². The molecule has 0 saturated carbocycles. The molecule has 0 atom stereocenters. The smallest absolute Gasteiger partial charge is 0.317 e. The molecule has 0 aliphatic carbocycles. The van der Waals surface area contributed by atoms with E-state index in [-0.39, 0.29) is 17.8 Å². The summed E-state index contributed by atoms with van der Waals surface area (Å²) in [6.07, 6.45) is 5.78. The Balaban J connectivity index is 1.33. The predicted molar refractivity (Wildman–Crippen MR) is 142 cm³/mol. The van der Waals surface area contributed by atoms with E-state index in [4.69, 9.17) is 0 Å². The van der Waals surface area contributed by atoms with Crippen LogP contribution in [0, 0.1) is 5.82 Å². The van der Waals surface area contributed by atoms with Crippen LogP contribution in [-0.2, 0) is 0 Å². The molecule has 2 amide bonds. The zero-order valence-corrected chi connectivity index (χ0v) is 21.6. The van der Waals surface area contributed by atoms with Crippen LogP contribution >= 0.6 is 0 Å². The molecule has 1 aromatic carbocycles. The van der Waals surface area contributed by atoms with Crippen molar-refractivity contribution in [3.05, 3.63) is 54.1 Å². The summed E-state index contributed by atoms with van der Waals surface area (Å²) in [6, 6.07) is 10.4. The number of likely N-dealkylation sites (tertiary alicyclic amines) is 1. The number of nitrogens with one attached hydrogen (secondary N) is 1. The molecule has 8 heteroatoms. The van der Waals surface area contributed by atoms with Gasteiger partial charge in [0.2, 0.25) is 0 Å². The van der Waals surface area contributed by atoms with Crippen molar-refractivity contribution < 1.29 is 9.18 Å². The highest BCUT2D eigenvalue weighted by molar-refractivity contribution is 5.80. The second-order valence-corrected chi connectivity index (χ2v) is 10.2. The van der Waals surface area contributed by atoms with E-state index in [0.29, 0.717) is 25.7 Å². The summed E-state index contributed by atoms with van der Waals surface area (Å²) < 4.78 is 17.1. The third kappa shape index (κ3) is 4.91. The number of urea groups is 1. The molecule has 2 fully saturated rings. The summed E-state index contributed by atoms with van der Waals surface area (Å²) in [5.74, 6) is 0.175. The van der Waals surface area contributed by atoms with Crippen LogP contribution in [0.25, 0.3) is 16.6 Å². The lowest BCUT2D eigenvalue weighted by molar-refractivity contribution is 0.171. The summed E-state index contributed by atoms with van der Waals surface area (Å²) in [6.45, 7) is 12.0. The normalized spacial score (nSPS) is 17.8. The molecule has 0 bridgehead atoms. The topological polar surface area (TPSA) is 56.1 Å². The van der Waals surface area contributed by atoms with Crippen molar-refractivity contribution in [2.45, 2.75) is 45.6 Å². The molecule has 0 unspecified atom stereocenters. The molecule has 4 heterocycles. The zero-order valence-electron chi connectivity index (χ0n) is 21.6. The number of benzene rings is 1. The molecular weight excluding hydrogens is 455 g/mol. The van der Waals surface area contributed by atoms with Crippen molar-refractivity contribution in [3.63, 3.8) is 0 Å².